The molecule has 0 spiro atoms. The number of aliphatic imine (C=N–C) groups is 1. The molecule has 0 atom stereocenters. The number of alkyl halides is 3. The van der Waals surface area contributed by atoms with Crippen molar-refractivity contribution in [2.24, 2.45) is 4.99 Å². The van der Waals surface area contributed by atoms with Gasteiger partial charge in [0.1, 0.15) is 6.07 Å². The summed E-state index contributed by atoms with van der Waals surface area (Å²) in [6.45, 7) is 2.12. The Morgan fingerprint density at radius 1 is 1.35 bits per heavy atom. The molecule has 0 fully saturated rings. The van der Waals surface area contributed by atoms with E-state index in [4.69, 9.17) is 62.7 Å². The molecule has 0 bridgehead atoms. The van der Waals surface area contributed by atoms with Crippen molar-refractivity contribution in [3.8, 4) is 11.8 Å². The molecule has 1 heterocycles. The fraction of sp³-hybridized carbons (Fsp3) is 0.200. The lowest BCUT2D eigenvalue weighted by molar-refractivity contribution is 0.343. The topological polar surface area (TPSA) is 50.3 Å². The van der Waals surface area contributed by atoms with Crippen LogP contribution in [0.15, 0.2) is 28.2 Å². The minimum atomic E-state index is -2.68. The smallest absolute Gasteiger partial charge is 0.309 e. The summed E-state index contributed by atoms with van der Waals surface area (Å²) in [5, 5.41) is 10.1. The Bertz CT molecular complexity index is 866. The van der Waals surface area contributed by atoms with Crippen molar-refractivity contribution < 1.29 is 9.13 Å². The van der Waals surface area contributed by atoms with Gasteiger partial charge >= 0.3 is 3.92 Å². The van der Waals surface area contributed by atoms with Crippen molar-refractivity contribution in [1.29, 1.82) is 5.26 Å². The molecule has 11 heteroatoms. The third kappa shape index (κ3) is 5.13. The molecule has 0 amide bonds. The molecule has 138 valence electrons. The van der Waals surface area contributed by atoms with E-state index in [9.17, 15) is 9.65 Å². The van der Waals surface area contributed by atoms with Crippen LogP contribution in [0, 0.1) is 11.3 Å². The van der Waals surface area contributed by atoms with Gasteiger partial charge in [0.2, 0.25) is 0 Å². The number of halogens is 6. The number of hydrogen-bond acceptors (Lipinski definition) is 4. The average molecular weight is 476 g/mol. The zero-order valence-corrected chi connectivity index (χ0v) is 17.5. The molecule has 4 nitrogen and oxygen atoms in total. The lowest BCUT2D eigenvalue weighted by Gasteiger charge is -2.13. The van der Waals surface area contributed by atoms with Crippen LogP contribution in [0.3, 0.4) is 0 Å². The van der Waals surface area contributed by atoms with E-state index >= 15 is 0 Å². The monoisotopic (exact) mass is 473 g/mol. The number of nitrogens with zero attached hydrogens (tertiary/aromatic N) is 3. The molecule has 0 N–H and O–H groups in total. The Morgan fingerprint density at radius 3 is 2.46 bits per heavy atom. The molecule has 0 saturated carbocycles. The SMILES string of the molecule is CCOC=Nc1c(SC(F)(Cl)Cl)c(C#N)cn1-c1c(Cl)cc(Cl)cc1Cl. The van der Waals surface area contributed by atoms with Gasteiger partial charge in [-0.05, 0) is 30.8 Å². The highest BCUT2D eigenvalue weighted by Crippen LogP contribution is 2.48. The van der Waals surface area contributed by atoms with E-state index in [0.717, 1.165) is 6.40 Å². The van der Waals surface area contributed by atoms with E-state index in [0.29, 0.717) is 29.1 Å². The predicted molar refractivity (Wildman–Crippen MR) is 107 cm³/mol. The van der Waals surface area contributed by atoms with Crippen molar-refractivity contribution in [2.75, 3.05) is 6.61 Å². The fourth-order valence-electron chi connectivity index (χ4n) is 1.99. The lowest BCUT2D eigenvalue weighted by Crippen LogP contribution is -1.98. The minimum Gasteiger partial charge on any atom is -0.483 e. The number of rotatable bonds is 6. The Hall–Kier alpha value is -0.810. The van der Waals surface area contributed by atoms with Crippen LogP contribution in [-0.4, -0.2) is 21.5 Å². The molecule has 0 unspecified atom stereocenters. The molecule has 2 rings (SSSR count). The van der Waals surface area contributed by atoms with Gasteiger partial charge in [0.05, 0.1) is 32.8 Å². The molecule has 1 aromatic carbocycles. The first-order valence-corrected chi connectivity index (χ1v) is 9.58. The van der Waals surface area contributed by atoms with Crippen molar-refractivity contribution in [3.63, 3.8) is 0 Å². The van der Waals surface area contributed by atoms with Crippen LogP contribution < -0.4 is 0 Å². The zero-order valence-electron chi connectivity index (χ0n) is 12.9. The van der Waals surface area contributed by atoms with Gasteiger partial charge in [-0.15, -0.1) is 0 Å². The summed E-state index contributed by atoms with van der Waals surface area (Å²) in [5.41, 5.74) is 0.377. The Labute approximate surface area is 178 Å². The number of benzene rings is 1. The van der Waals surface area contributed by atoms with Gasteiger partial charge in [0.15, 0.2) is 12.2 Å². The van der Waals surface area contributed by atoms with E-state index in [1.54, 1.807) is 6.92 Å². The van der Waals surface area contributed by atoms with Crippen molar-refractivity contribution in [3.05, 3.63) is 39.0 Å². The lowest BCUT2D eigenvalue weighted by atomic mass is 10.3. The van der Waals surface area contributed by atoms with Crippen LogP contribution in [0.1, 0.15) is 12.5 Å². The highest BCUT2D eigenvalue weighted by molar-refractivity contribution is 8.03. The van der Waals surface area contributed by atoms with Gasteiger partial charge in [-0.25, -0.2) is 4.99 Å². The van der Waals surface area contributed by atoms with E-state index in [1.807, 2.05) is 6.07 Å². The van der Waals surface area contributed by atoms with Gasteiger partial charge in [-0.2, -0.15) is 9.65 Å². The Morgan fingerprint density at radius 2 is 1.96 bits per heavy atom. The Kier molecular flexibility index (Phi) is 7.37. The summed E-state index contributed by atoms with van der Waals surface area (Å²) in [5.74, 6) is 0.120. The summed E-state index contributed by atoms with van der Waals surface area (Å²) in [6, 6.07) is 4.88. The largest absolute Gasteiger partial charge is 0.483 e. The summed E-state index contributed by atoms with van der Waals surface area (Å²) < 4.78 is 17.6. The molecular weight excluding hydrogens is 467 g/mol. The first-order valence-electron chi connectivity index (χ1n) is 6.88. The molecule has 0 aliphatic rings. The van der Waals surface area contributed by atoms with E-state index in [1.165, 1.54) is 22.9 Å². The number of thioether (sulfide) groups is 1. The summed E-state index contributed by atoms with van der Waals surface area (Å²) in [7, 11) is 0. The van der Waals surface area contributed by atoms with E-state index < -0.39 is 3.92 Å². The van der Waals surface area contributed by atoms with Gasteiger partial charge in [0.25, 0.3) is 0 Å². The molecule has 2 aromatic rings. The maximum atomic E-state index is 13.8. The van der Waals surface area contributed by atoms with E-state index in [-0.39, 0.29) is 26.3 Å². The number of ether oxygens (including phenoxy) is 1. The molecular formula is C15H9Cl5FN3OS. The summed E-state index contributed by atoms with van der Waals surface area (Å²) in [6.07, 6.45) is 2.54. The second-order valence-corrected chi connectivity index (χ2v) is 8.74. The van der Waals surface area contributed by atoms with Crippen molar-refractivity contribution in [2.45, 2.75) is 15.7 Å². The molecule has 0 aliphatic heterocycles. The quantitative estimate of drug-likeness (QED) is 0.193. The average Bonchev–Trinajstić information content (AvgIpc) is 2.83. The third-order valence-electron chi connectivity index (χ3n) is 2.91. The Balaban J connectivity index is 2.76. The van der Waals surface area contributed by atoms with Crippen LogP contribution in [0.25, 0.3) is 5.69 Å². The number of nitriles is 1. The van der Waals surface area contributed by atoms with Crippen molar-refractivity contribution >= 4 is 82.0 Å². The molecule has 0 radical (unpaired) electrons. The number of hydrogen-bond donors (Lipinski definition) is 0. The second kappa shape index (κ2) is 8.92. The molecule has 1 aromatic heterocycles. The van der Waals surface area contributed by atoms with Crippen LogP contribution in [0.4, 0.5) is 10.2 Å². The third-order valence-corrected chi connectivity index (χ3v) is 5.01. The van der Waals surface area contributed by atoms with Gasteiger partial charge < -0.3 is 4.74 Å². The van der Waals surface area contributed by atoms with Crippen LogP contribution >= 0.6 is 69.8 Å². The van der Waals surface area contributed by atoms with Crippen LogP contribution in [0.2, 0.25) is 15.1 Å². The standard InChI is InChI=1S/C15H9Cl5FN3OS/c1-2-25-7-23-14-13(26-15(19,20)21)8(5-22)6-24(14)12-10(17)3-9(16)4-11(12)18/h3-4,6-7H,2H2,1H3. The highest BCUT2D eigenvalue weighted by atomic mass is 35.5. The van der Waals surface area contributed by atoms with Crippen LogP contribution in [0.5, 0.6) is 0 Å². The van der Waals surface area contributed by atoms with Crippen molar-refractivity contribution in [1.82, 2.24) is 4.57 Å². The fourth-order valence-corrected chi connectivity index (χ4v) is 4.14. The van der Waals surface area contributed by atoms with Gasteiger partial charge in [0, 0.05) is 11.2 Å². The van der Waals surface area contributed by atoms with Gasteiger partial charge in [-0.3, -0.25) is 4.57 Å². The normalized spacial score (nSPS) is 11.8. The van der Waals surface area contributed by atoms with Gasteiger partial charge in [-0.1, -0.05) is 58.0 Å². The second-order valence-electron chi connectivity index (χ2n) is 4.63. The maximum Gasteiger partial charge on any atom is 0.309 e. The molecule has 0 saturated heterocycles. The predicted octanol–water partition coefficient (Wildman–Crippen LogP) is 7.16. The van der Waals surface area contributed by atoms with Crippen LogP contribution in [-0.2, 0) is 4.74 Å². The maximum absolute atomic E-state index is 13.8. The molecule has 0 aliphatic carbocycles. The minimum absolute atomic E-state index is 0.0732. The number of aromatic nitrogens is 1. The summed E-state index contributed by atoms with van der Waals surface area (Å²) >= 11 is 29.8. The molecule has 26 heavy (non-hydrogen) atoms. The van der Waals surface area contributed by atoms with E-state index in [2.05, 4.69) is 4.99 Å². The zero-order chi connectivity index (χ0) is 19.5. The summed E-state index contributed by atoms with van der Waals surface area (Å²) in [4.78, 5) is 4.23. The first-order chi connectivity index (χ1) is 12.2. The first kappa shape index (κ1) is 21.5. The highest BCUT2D eigenvalue weighted by Gasteiger charge is 2.30.